The second-order valence-electron chi connectivity index (χ2n) is 6.71. The van der Waals surface area contributed by atoms with E-state index in [2.05, 4.69) is 5.32 Å². The van der Waals surface area contributed by atoms with Gasteiger partial charge in [-0.1, -0.05) is 60.7 Å². The van der Waals surface area contributed by atoms with Crippen molar-refractivity contribution in [2.45, 2.75) is 17.5 Å². The molecule has 8 heteroatoms. The zero-order valence-corrected chi connectivity index (χ0v) is 16.0. The minimum Gasteiger partial charge on any atom is -0.477 e. The molecular weight excluding hydrogens is 392 g/mol. The van der Waals surface area contributed by atoms with Gasteiger partial charge in [-0.25, -0.2) is 4.79 Å². The third kappa shape index (κ3) is 3.41. The van der Waals surface area contributed by atoms with Gasteiger partial charge in [-0.15, -0.1) is 11.8 Å². The minimum absolute atomic E-state index is 0.0564. The molecular formula is C21H18N2O5S. The molecule has 1 saturated heterocycles. The van der Waals surface area contributed by atoms with E-state index in [0.717, 1.165) is 5.56 Å². The number of β-lactam (4-membered cyclic amide) rings is 1. The summed E-state index contributed by atoms with van der Waals surface area (Å²) in [6.45, 7) is 0. The maximum Gasteiger partial charge on any atom is 0.352 e. The summed E-state index contributed by atoms with van der Waals surface area (Å²) >= 11 is 1.39. The third-order valence-corrected chi connectivity index (χ3v) is 6.23. The number of thioether (sulfide) groups is 1. The number of carboxylic acids is 1. The lowest BCUT2D eigenvalue weighted by Gasteiger charge is -2.49. The molecule has 2 aliphatic heterocycles. The van der Waals surface area contributed by atoms with E-state index in [4.69, 9.17) is 0 Å². The zero-order valence-electron chi connectivity index (χ0n) is 15.2. The topological polar surface area (TPSA) is 107 Å². The lowest BCUT2D eigenvalue weighted by molar-refractivity contribution is -0.151. The van der Waals surface area contributed by atoms with Crippen LogP contribution in [0.3, 0.4) is 0 Å². The number of fused-ring (bicyclic) bond motifs is 1. The number of rotatable bonds is 5. The smallest absolute Gasteiger partial charge is 0.352 e. The number of carbonyl (C=O) groups excluding carboxylic acids is 2. The molecule has 1 fully saturated rings. The Labute approximate surface area is 171 Å². The highest BCUT2D eigenvalue weighted by atomic mass is 32.2. The normalized spacial score (nSPS) is 21.8. The summed E-state index contributed by atoms with van der Waals surface area (Å²) in [7, 11) is 0. The van der Waals surface area contributed by atoms with Gasteiger partial charge in [0.25, 0.3) is 11.8 Å². The van der Waals surface area contributed by atoms with Crippen LogP contribution < -0.4 is 5.32 Å². The average molecular weight is 410 g/mol. The molecule has 2 aromatic carbocycles. The van der Waals surface area contributed by atoms with Crippen molar-refractivity contribution in [3.05, 3.63) is 77.5 Å². The summed E-state index contributed by atoms with van der Waals surface area (Å²) in [5, 5.41) is 22.0. The maximum atomic E-state index is 12.7. The van der Waals surface area contributed by atoms with E-state index >= 15 is 0 Å². The number of aliphatic carboxylic acids is 1. The Bertz CT molecular complexity index is 993. The molecule has 0 radical (unpaired) electrons. The standard InChI is InChI=1S/C21H18N2O5S/c24-17(13-9-5-2-6-10-13)18(25)22-15-19(26)23-16(21(27)28)14(11-29-20(15)23)12-7-3-1-4-8-12/h1-10,15,17,20,24H,11H2,(H,22,25)(H,27,28)/t15?,17-,20-/m1/s1. The Morgan fingerprint density at radius 3 is 2.31 bits per heavy atom. The average Bonchev–Trinajstić information content (AvgIpc) is 2.76. The van der Waals surface area contributed by atoms with Crippen molar-refractivity contribution >= 4 is 35.1 Å². The van der Waals surface area contributed by atoms with Gasteiger partial charge in [0.1, 0.15) is 17.1 Å². The van der Waals surface area contributed by atoms with Gasteiger partial charge < -0.3 is 15.5 Å². The number of carboxylic acid groups (broad SMARTS) is 1. The number of aliphatic hydroxyl groups excluding tert-OH is 1. The molecule has 2 aromatic rings. The molecule has 7 nitrogen and oxygen atoms in total. The van der Waals surface area contributed by atoms with Crippen LogP contribution in [0.25, 0.3) is 5.57 Å². The molecule has 4 rings (SSSR count). The van der Waals surface area contributed by atoms with Crippen molar-refractivity contribution < 1.29 is 24.6 Å². The molecule has 0 saturated carbocycles. The highest BCUT2D eigenvalue weighted by Gasteiger charge is 2.54. The van der Waals surface area contributed by atoms with Crippen LogP contribution in [0.1, 0.15) is 17.2 Å². The second-order valence-corrected chi connectivity index (χ2v) is 7.81. The number of nitrogens with one attached hydrogen (secondary N) is 1. The Hall–Kier alpha value is -3.10. The highest BCUT2D eigenvalue weighted by Crippen LogP contribution is 2.43. The Morgan fingerprint density at radius 1 is 1.07 bits per heavy atom. The molecule has 148 valence electrons. The van der Waals surface area contributed by atoms with E-state index in [-0.39, 0.29) is 5.70 Å². The van der Waals surface area contributed by atoms with E-state index in [1.807, 2.05) is 18.2 Å². The van der Waals surface area contributed by atoms with E-state index in [9.17, 15) is 24.6 Å². The molecule has 0 aromatic heterocycles. The van der Waals surface area contributed by atoms with Crippen LogP contribution in [-0.2, 0) is 14.4 Å². The number of nitrogens with zero attached hydrogens (tertiary/aromatic N) is 1. The number of hydrogen-bond acceptors (Lipinski definition) is 5. The summed E-state index contributed by atoms with van der Waals surface area (Å²) < 4.78 is 0. The minimum atomic E-state index is -1.40. The molecule has 1 unspecified atom stereocenters. The summed E-state index contributed by atoms with van der Waals surface area (Å²) in [4.78, 5) is 38.2. The van der Waals surface area contributed by atoms with Crippen molar-refractivity contribution in [3.63, 3.8) is 0 Å². The van der Waals surface area contributed by atoms with E-state index in [0.29, 0.717) is 16.9 Å². The number of hydrogen-bond donors (Lipinski definition) is 3. The summed E-state index contributed by atoms with van der Waals surface area (Å²) in [6, 6.07) is 16.6. The lowest BCUT2D eigenvalue weighted by atomic mass is 9.98. The summed E-state index contributed by atoms with van der Waals surface area (Å²) in [6.07, 6.45) is -1.40. The Kier molecular flexibility index (Phi) is 5.12. The van der Waals surface area contributed by atoms with Gasteiger partial charge in [0.05, 0.1) is 0 Å². The van der Waals surface area contributed by atoms with Crippen LogP contribution in [0.4, 0.5) is 0 Å². The van der Waals surface area contributed by atoms with Crippen molar-refractivity contribution in [1.82, 2.24) is 10.2 Å². The fourth-order valence-corrected chi connectivity index (χ4v) is 4.87. The van der Waals surface area contributed by atoms with Gasteiger partial charge in [0.15, 0.2) is 6.10 Å². The van der Waals surface area contributed by atoms with Crippen LogP contribution in [0.5, 0.6) is 0 Å². The predicted molar refractivity (Wildman–Crippen MR) is 107 cm³/mol. The van der Waals surface area contributed by atoms with Crippen LogP contribution in [0.2, 0.25) is 0 Å². The first-order chi connectivity index (χ1) is 14.0. The molecule has 0 spiro atoms. The molecule has 3 N–H and O–H groups in total. The number of carbonyl (C=O) groups is 3. The van der Waals surface area contributed by atoms with Crippen LogP contribution in [-0.4, -0.2) is 50.1 Å². The molecule has 29 heavy (non-hydrogen) atoms. The number of benzene rings is 2. The predicted octanol–water partition coefficient (Wildman–Crippen LogP) is 1.62. The van der Waals surface area contributed by atoms with E-state index in [1.165, 1.54) is 16.7 Å². The van der Waals surface area contributed by atoms with Gasteiger partial charge >= 0.3 is 5.97 Å². The first-order valence-corrected chi connectivity index (χ1v) is 10.0. The van der Waals surface area contributed by atoms with Crippen molar-refractivity contribution in [1.29, 1.82) is 0 Å². The molecule has 2 amide bonds. The van der Waals surface area contributed by atoms with E-state index in [1.54, 1.807) is 42.5 Å². The zero-order chi connectivity index (χ0) is 20.5. The highest BCUT2D eigenvalue weighted by molar-refractivity contribution is 8.00. The largest absolute Gasteiger partial charge is 0.477 e. The Morgan fingerprint density at radius 2 is 1.69 bits per heavy atom. The number of amides is 2. The first-order valence-electron chi connectivity index (χ1n) is 8.99. The lowest BCUT2D eigenvalue weighted by Crippen LogP contribution is -2.70. The molecule has 3 atom stereocenters. The Balaban J connectivity index is 1.54. The maximum absolute atomic E-state index is 12.7. The quantitative estimate of drug-likeness (QED) is 0.647. The summed E-state index contributed by atoms with van der Waals surface area (Å²) in [5.41, 5.74) is 1.68. The SMILES string of the molecule is O=C(O)C1=C(c2ccccc2)CS[C@@H]2C(NC(=O)[C@H](O)c3ccccc3)C(=O)N12. The van der Waals surface area contributed by atoms with Crippen molar-refractivity contribution in [3.8, 4) is 0 Å². The van der Waals surface area contributed by atoms with Crippen LogP contribution in [0.15, 0.2) is 66.4 Å². The fraction of sp³-hybridized carbons (Fsp3) is 0.190. The molecule has 2 aliphatic rings. The van der Waals surface area contributed by atoms with E-state index < -0.39 is 35.3 Å². The third-order valence-electron chi connectivity index (χ3n) is 4.95. The summed E-state index contributed by atoms with van der Waals surface area (Å²) in [5.74, 6) is -1.98. The van der Waals surface area contributed by atoms with Crippen molar-refractivity contribution in [2.24, 2.45) is 0 Å². The van der Waals surface area contributed by atoms with Gasteiger partial charge in [0.2, 0.25) is 0 Å². The molecule has 2 heterocycles. The molecule has 0 aliphatic carbocycles. The first kappa shape index (κ1) is 19.2. The number of aliphatic hydroxyl groups is 1. The second kappa shape index (κ2) is 7.73. The fourth-order valence-electron chi connectivity index (χ4n) is 3.50. The van der Waals surface area contributed by atoms with Gasteiger partial charge in [-0.2, -0.15) is 0 Å². The van der Waals surface area contributed by atoms with Gasteiger partial charge in [-0.05, 0) is 11.1 Å². The van der Waals surface area contributed by atoms with Gasteiger partial charge in [0, 0.05) is 11.3 Å². The monoisotopic (exact) mass is 410 g/mol. The van der Waals surface area contributed by atoms with Crippen LogP contribution in [0, 0.1) is 0 Å². The molecule has 0 bridgehead atoms. The van der Waals surface area contributed by atoms with Crippen molar-refractivity contribution in [2.75, 3.05) is 5.75 Å². The van der Waals surface area contributed by atoms with Crippen LogP contribution >= 0.6 is 11.8 Å². The van der Waals surface area contributed by atoms with Gasteiger partial charge in [-0.3, -0.25) is 14.5 Å².